The average Bonchev–Trinajstić information content (AvgIpc) is 2.55. The fraction of sp³-hybridized carbons (Fsp3) is 0.182. The van der Waals surface area contributed by atoms with Gasteiger partial charge in [-0.15, -0.1) is 0 Å². The molecule has 0 saturated heterocycles. The summed E-state index contributed by atoms with van der Waals surface area (Å²) in [6, 6.07) is 23.9. The van der Waals surface area contributed by atoms with Crippen LogP contribution in [0.4, 0.5) is 0 Å². The predicted octanol–water partition coefficient (Wildman–Crippen LogP) is 6.54. The third-order valence-electron chi connectivity index (χ3n) is 4.50. The Morgan fingerprint density at radius 1 is 0.760 bits per heavy atom. The summed E-state index contributed by atoms with van der Waals surface area (Å²) in [5.74, 6) is 0. The minimum absolute atomic E-state index is 0.364. The van der Waals surface area contributed by atoms with Crippen LogP contribution in [-0.4, -0.2) is 0 Å². The molecular formula is C22H22ClOP. The molecule has 1 unspecified atom stereocenters. The molecule has 3 aromatic rings. The fourth-order valence-electron chi connectivity index (χ4n) is 3.63. The van der Waals surface area contributed by atoms with Gasteiger partial charge in [-0.2, -0.15) is 0 Å². The minimum atomic E-state index is -3.22. The van der Waals surface area contributed by atoms with Crippen molar-refractivity contribution in [3.8, 4) is 0 Å². The molecule has 0 aliphatic heterocycles. The summed E-state index contributed by atoms with van der Waals surface area (Å²) in [5.41, 5.74) is 4.74. The zero-order chi connectivity index (χ0) is 18.0. The normalized spacial score (nSPS) is 13.6. The van der Waals surface area contributed by atoms with Gasteiger partial charge in [-0.1, -0.05) is 78.4 Å². The summed E-state index contributed by atoms with van der Waals surface area (Å²) in [7, 11) is 0. The second kappa shape index (κ2) is 7.20. The lowest BCUT2D eigenvalue weighted by atomic mass is 10.0. The maximum atomic E-state index is 14.0. The Bertz CT molecular complexity index is 857. The second-order valence-corrected chi connectivity index (χ2v) is 10.2. The van der Waals surface area contributed by atoms with Crippen molar-refractivity contribution in [2.75, 3.05) is 0 Å². The molecule has 0 radical (unpaired) electrons. The zero-order valence-corrected chi connectivity index (χ0v) is 16.4. The van der Waals surface area contributed by atoms with Crippen LogP contribution in [0.2, 0.25) is 0 Å². The van der Waals surface area contributed by atoms with Crippen molar-refractivity contribution in [3.05, 3.63) is 101 Å². The first-order chi connectivity index (χ1) is 11.9. The van der Waals surface area contributed by atoms with E-state index in [0.29, 0.717) is 0 Å². The Balaban J connectivity index is 2.25. The Labute approximate surface area is 154 Å². The molecule has 3 heteroatoms. The van der Waals surface area contributed by atoms with Gasteiger partial charge in [0.1, 0.15) is 0 Å². The molecule has 0 fully saturated rings. The van der Waals surface area contributed by atoms with E-state index in [9.17, 15) is 4.57 Å². The topological polar surface area (TPSA) is 17.1 Å². The van der Waals surface area contributed by atoms with Gasteiger partial charge in [-0.3, -0.25) is 0 Å². The van der Waals surface area contributed by atoms with E-state index in [0.717, 1.165) is 33.1 Å². The van der Waals surface area contributed by atoms with Gasteiger partial charge in [0.25, 0.3) is 0 Å². The van der Waals surface area contributed by atoms with Gasteiger partial charge in [0.05, 0.1) is 5.66 Å². The van der Waals surface area contributed by atoms with E-state index in [1.54, 1.807) is 0 Å². The van der Waals surface area contributed by atoms with E-state index in [1.165, 1.54) is 0 Å². The molecule has 1 atom stereocenters. The molecule has 3 aromatic carbocycles. The number of hydrogen-bond donors (Lipinski definition) is 0. The van der Waals surface area contributed by atoms with Crippen molar-refractivity contribution >= 4 is 23.0 Å². The van der Waals surface area contributed by atoms with Gasteiger partial charge in [-0.05, 0) is 54.3 Å². The monoisotopic (exact) mass is 368 g/mol. The highest BCUT2D eigenvalue weighted by molar-refractivity contribution is 7.95. The Morgan fingerprint density at radius 2 is 1.16 bits per heavy atom. The van der Waals surface area contributed by atoms with Crippen LogP contribution < -0.4 is 5.30 Å². The first kappa shape index (κ1) is 18.0. The van der Waals surface area contributed by atoms with Crippen molar-refractivity contribution in [2.45, 2.75) is 26.4 Å². The molecule has 0 bridgehead atoms. The van der Waals surface area contributed by atoms with Gasteiger partial charge in [0.2, 0.25) is 6.49 Å². The standard InChI is InChI=1S/C22H22ClOP/c1-16-14-17(2)21(18(3)15-16)25(23,24)22(19-10-6-4-7-11-19)20-12-8-5-9-13-20/h4-15,22H,1-3H3. The summed E-state index contributed by atoms with van der Waals surface area (Å²) < 4.78 is 14.0. The maximum absolute atomic E-state index is 14.0. The van der Waals surface area contributed by atoms with Crippen LogP contribution >= 0.6 is 17.7 Å². The highest BCUT2D eigenvalue weighted by Crippen LogP contribution is 2.65. The molecule has 0 saturated carbocycles. The quantitative estimate of drug-likeness (QED) is 0.477. The van der Waals surface area contributed by atoms with Crippen LogP contribution in [0.1, 0.15) is 33.5 Å². The van der Waals surface area contributed by atoms with E-state index < -0.39 is 6.49 Å². The summed E-state index contributed by atoms with van der Waals surface area (Å²) in [6.45, 7) is 2.82. The Kier molecular flexibility index (Phi) is 5.18. The van der Waals surface area contributed by atoms with Crippen LogP contribution in [0.15, 0.2) is 72.8 Å². The van der Waals surface area contributed by atoms with E-state index in [2.05, 4.69) is 19.1 Å². The molecule has 0 aliphatic carbocycles. The van der Waals surface area contributed by atoms with Crippen molar-refractivity contribution in [1.82, 2.24) is 0 Å². The molecule has 128 valence electrons. The van der Waals surface area contributed by atoms with Gasteiger partial charge >= 0.3 is 0 Å². The van der Waals surface area contributed by atoms with Crippen LogP contribution in [0.3, 0.4) is 0 Å². The lowest BCUT2D eigenvalue weighted by Crippen LogP contribution is -2.16. The first-order valence-electron chi connectivity index (χ1n) is 8.39. The van der Waals surface area contributed by atoms with Crippen LogP contribution in [0, 0.1) is 20.8 Å². The first-order valence-corrected chi connectivity index (χ1v) is 11.1. The highest BCUT2D eigenvalue weighted by Gasteiger charge is 2.37. The number of hydrogen-bond acceptors (Lipinski definition) is 1. The van der Waals surface area contributed by atoms with Crippen molar-refractivity contribution < 1.29 is 4.57 Å². The van der Waals surface area contributed by atoms with E-state index in [-0.39, 0.29) is 5.66 Å². The molecule has 25 heavy (non-hydrogen) atoms. The zero-order valence-electron chi connectivity index (χ0n) is 14.7. The van der Waals surface area contributed by atoms with Gasteiger partial charge in [0, 0.05) is 5.30 Å². The summed E-state index contributed by atoms with van der Waals surface area (Å²) >= 11 is 6.92. The van der Waals surface area contributed by atoms with E-state index in [1.807, 2.05) is 74.5 Å². The fourth-order valence-corrected chi connectivity index (χ4v) is 7.57. The SMILES string of the molecule is Cc1cc(C)c(P(=O)(Cl)C(c2ccccc2)c2ccccc2)c(C)c1. The number of benzene rings is 3. The second-order valence-electron chi connectivity index (χ2n) is 6.55. The van der Waals surface area contributed by atoms with Gasteiger partial charge in [0.15, 0.2) is 0 Å². The Hall–Kier alpha value is -1.82. The van der Waals surface area contributed by atoms with Crippen molar-refractivity contribution in [1.29, 1.82) is 0 Å². The Morgan fingerprint density at radius 3 is 1.56 bits per heavy atom. The van der Waals surface area contributed by atoms with Gasteiger partial charge < -0.3 is 4.57 Å². The highest BCUT2D eigenvalue weighted by atomic mass is 35.7. The van der Waals surface area contributed by atoms with E-state index in [4.69, 9.17) is 11.2 Å². The molecular weight excluding hydrogens is 347 g/mol. The minimum Gasteiger partial charge on any atom is -0.301 e. The number of aryl methyl sites for hydroxylation is 3. The van der Waals surface area contributed by atoms with Crippen molar-refractivity contribution in [2.24, 2.45) is 0 Å². The van der Waals surface area contributed by atoms with Crippen LogP contribution in [0.5, 0.6) is 0 Å². The largest absolute Gasteiger partial charge is 0.301 e. The molecule has 1 nitrogen and oxygen atoms in total. The summed E-state index contributed by atoms with van der Waals surface area (Å²) in [4.78, 5) is 0. The third kappa shape index (κ3) is 3.59. The predicted molar refractivity (Wildman–Crippen MR) is 108 cm³/mol. The molecule has 0 aromatic heterocycles. The summed E-state index contributed by atoms with van der Waals surface area (Å²) in [6.07, 6.45) is 0. The maximum Gasteiger partial charge on any atom is 0.209 e. The summed E-state index contributed by atoms with van der Waals surface area (Å²) in [5, 5.41) is 0.789. The van der Waals surface area contributed by atoms with Crippen LogP contribution in [-0.2, 0) is 4.57 Å². The molecule has 0 N–H and O–H groups in total. The number of halogens is 1. The molecule has 0 amide bonds. The van der Waals surface area contributed by atoms with Crippen LogP contribution in [0.25, 0.3) is 0 Å². The number of rotatable bonds is 4. The molecule has 0 spiro atoms. The lowest BCUT2D eigenvalue weighted by Gasteiger charge is -2.26. The molecule has 0 heterocycles. The van der Waals surface area contributed by atoms with Gasteiger partial charge in [-0.25, -0.2) is 0 Å². The van der Waals surface area contributed by atoms with Crippen molar-refractivity contribution in [3.63, 3.8) is 0 Å². The van der Waals surface area contributed by atoms with E-state index >= 15 is 0 Å². The third-order valence-corrected chi connectivity index (χ3v) is 8.17. The molecule has 0 aliphatic rings. The molecule has 3 rings (SSSR count). The lowest BCUT2D eigenvalue weighted by molar-refractivity contribution is 0.585. The smallest absolute Gasteiger partial charge is 0.209 e. The average molecular weight is 369 g/mol.